The quantitative estimate of drug-likeness (QED) is 0.168. The molecule has 0 unspecified atom stereocenters. The van der Waals surface area contributed by atoms with E-state index in [0.717, 1.165) is 27.6 Å². The predicted octanol–water partition coefficient (Wildman–Crippen LogP) is 3.58. The van der Waals surface area contributed by atoms with Crippen LogP contribution >= 0.6 is 11.3 Å². The van der Waals surface area contributed by atoms with Gasteiger partial charge in [-0.25, -0.2) is 4.98 Å². The minimum absolute atomic E-state index is 0.132. The van der Waals surface area contributed by atoms with Gasteiger partial charge in [-0.3, -0.25) is 14.4 Å². The van der Waals surface area contributed by atoms with Gasteiger partial charge < -0.3 is 30.7 Å². The van der Waals surface area contributed by atoms with Crippen molar-refractivity contribution < 1.29 is 24.2 Å². The molecule has 0 aliphatic heterocycles. The fraction of sp³-hybridized carbons (Fsp3) is 0.294. The first kappa shape index (κ1) is 33.3. The van der Waals surface area contributed by atoms with Crippen molar-refractivity contribution >= 4 is 29.1 Å². The van der Waals surface area contributed by atoms with E-state index in [1.807, 2.05) is 66.9 Å². The highest BCUT2D eigenvalue weighted by Gasteiger charge is 2.25. The Morgan fingerprint density at radius 3 is 2.31 bits per heavy atom. The Morgan fingerprint density at radius 1 is 0.956 bits per heavy atom. The number of aliphatic hydroxyl groups excluding tert-OH is 1. The number of hydrogen-bond acceptors (Lipinski definition) is 8. The number of nitrogens with one attached hydrogen (secondary N) is 3. The van der Waals surface area contributed by atoms with Crippen molar-refractivity contribution in [2.45, 2.75) is 38.6 Å². The van der Waals surface area contributed by atoms with Crippen molar-refractivity contribution in [1.82, 2.24) is 25.8 Å². The molecule has 0 fully saturated rings. The molecule has 0 radical (unpaired) electrons. The van der Waals surface area contributed by atoms with Crippen LogP contribution in [0.2, 0.25) is 0 Å². The van der Waals surface area contributed by atoms with Crippen LogP contribution in [0, 0.1) is 6.92 Å². The molecule has 2 atom stereocenters. The zero-order valence-electron chi connectivity index (χ0n) is 25.9. The molecular formula is C34H39N5O5S. The molecule has 0 saturated carbocycles. The molecule has 1 aromatic heterocycles. The van der Waals surface area contributed by atoms with Crippen LogP contribution < -0.4 is 20.7 Å². The number of ether oxygens (including phenoxy) is 1. The Kier molecular flexibility index (Phi) is 11.8. The maximum absolute atomic E-state index is 13.7. The zero-order chi connectivity index (χ0) is 32.3. The van der Waals surface area contributed by atoms with Gasteiger partial charge in [-0.05, 0) is 54.8 Å². The van der Waals surface area contributed by atoms with Crippen LogP contribution in [0.25, 0.3) is 0 Å². The summed E-state index contributed by atoms with van der Waals surface area (Å²) in [5.41, 5.74) is 3.29. The predicted molar refractivity (Wildman–Crippen MR) is 175 cm³/mol. The largest absolute Gasteiger partial charge is 0.497 e. The first-order valence-corrected chi connectivity index (χ1v) is 15.4. The van der Waals surface area contributed by atoms with Gasteiger partial charge in [0, 0.05) is 54.9 Å². The monoisotopic (exact) mass is 629 g/mol. The van der Waals surface area contributed by atoms with E-state index in [0.29, 0.717) is 13.0 Å². The highest BCUT2D eigenvalue weighted by atomic mass is 32.1. The van der Waals surface area contributed by atoms with Gasteiger partial charge >= 0.3 is 0 Å². The fourth-order valence-electron chi connectivity index (χ4n) is 4.82. The van der Waals surface area contributed by atoms with Crippen molar-refractivity contribution in [3.8, 4) is 5.75 Å². The Morgan fingerprint density at radius 2 is 1.64 bits per heavy atom. The minimum atomic E-state index is -0.948. The molecule has 4 rings (SSSR count). The second-order valence-electron chi connectivity index (χ2n) is 10.7. The fourth-order valence-corrected chi connectivity index (χ4v) is 5.64. The second-order valence-corrected chi connectivity index (χ2v) is 11.7. The van der Waals surface area contributed by atoms with Gasteiger partial charge in [-0.2, -0.15) is 0 Å². The average molecular weight is 630 g/mol. The minimum Gasteiger partial charge on any atom is -0.497 e. The second kappa shape index (κ2) is 15.9. The number of carbonyl (C=O) groups is 3. The lowest BCUT2D eigenvalue weighted by Gasteiger charge is -2.25. The van der Waals surface area contributed by atoms with E-state index in [1.165, 1.54) is 41.5 Å². The van der Waals surface area contributed by atoms with Gasteiger partial charge in [0.2, 0.25) is 0 Å². The average Bonchev–Trinajstić information content (AvgIpc) is 3.47. The molecule has 4 aromatic rings. The van der Waals surface area contributed by atoms with E-state index in [1.54, 1.807) is 14.2 Å². The standard InChI is InChI=1S/C34H39N5O5S/c1-22-21-45-31(37-22)20-39(3)34(43)27-16-25(32(41)35-2)15-26(17-27)33(42)38-29(14-23-9-6-5-7-10-23)30(40)19-36-18-24-11-8-12-28(13-24)44-4/h5-13,15-17,21,29-30,36,40H,14,18-20H2,1-4H3,(H,35,41)(H,38,42)/t29-,30+/m0/s1. The highest BCUT2D eigenvalue weighted by Crippen LogP contribution is 2.18. The molecule has 4 N–H and O–H groups in total. The molecule has 1 heterocycles. The van der Waals surface area contributed by atoms with Crippen LogP contribution in [0.1, 0.15) is 52.9 Å². The molecule has 10 nitrogen and oxygen atoms in total. The maximum atomic E-state index is 13.7. The SMILES string of the molecule is CNC(=O)c1cc(C(=O)N[C@@H](Cc2ccccc2)[C@H](O)CNCc2cccc(OC)c2)cc(C(=O)N(C)Cc2nc(C)cs2)c1. The maximum Gasteiger partial charge on any atom is 0.254 e. The summed E-state index contributed by atoms with van der Waals surface area (Å²) in [6.45, 7) is 2.88. The number of nitrogens with zero attached hydrogens (tertiary/aromatic N) is 2. The van der Waals surface area contributed by atoms with Crippen LogP contribution in [0.5, 0.6) is 5.75 Å². The lowest BCUT2D eigenvalue weighted by Crippen LogP contribution is -2.48. The van der Waals surface area contributed by atoms with Gasteiger partial charge in [-0.15, -0.1) is 11.3 Å². The topological polar surface area (TPSA) is 133 Å². The summed E-state index contributed by atoms with van der Waals surface area (Å²) in [5.74, 6) is -0.559. The summed E-state index contributed by atoms with van der Waals surface area (Å²) >= 11 is 1.46. The normalized spacial score (nSPS) is 12.2. The molecule has 0 aliphatic carbocycles. The highest BCUT2D eigenvalue weighted by molar-refractivity contribution is 7.09. The number of amides is 3. The van der Waals surface area contributed by atoms with E-state index in [2.05, 4.69) is 20.9 Å². The smallest absolute Gasteiger partial charge is 0.254 e. The molecule has 11 heteroatoms. The van der Waals surface area contributed by atoms with Crippen LogP contribution in [0.15, 0.2) is 78.2 Å². The molecule has 0 saturated heterocycles. The first-order chi connectivity index (χ1) is 21.7. The number of aryl methyl sites for hydroxylation is 1. The van der Waals surface area contributed by atoms with Crippen LogP contribution in [0.3, 0.4) is 0 Å². The van der Waals surface area contributed by atoms with Gasteiger partial charge in [0.25, 0.3) is 17.7 Å². The Balaban J connectivity index is 1.53. The van der Waals surface area contributed by atoms with Gasteiger partial charge in [0.15, 0.2) is 0 Å². The number of rotatable bonds is 14. The Hall–Kier alpha value is -4.58. The lowest BCUT2D eigenvalue weighted by atomic mass is 9.99. The molecule has 3 amide bonds. The van der Waals surface area contributed by atoms with E-state index in [4.69, 9.17) is 4.74 Å². The van der Waals surface area contributed by atoms with E-state index < -0.39 is 24.0 Å². The summed E-state index contributed by atoms with van der Waals surface area (Å²) < 4.78 is 5.29. The molecule has 0 aliphatic rings. The number of methoxy groups -OCH3 is 1. The summed E-state index contributed by atoms with van der Waals surface area (Å²) in [5, 5.41) is 22.7. The van der Waals surface area contributed by atoms with Crippen LogP contribution in [-0.2, 0) is 19.5 Å². The molecule has 236 valence electrons. The zero-order valence-corrected chi connectivity index (χ0v) is 26.7. The first-order valence-electron chi connectivity index (χ1n) is 14.6. The van der Waals surface area contributed by atoms with Crippen LogP contribution in [-0.4, -0.2) is 72.6 Å². The molecule has 45 heavy (non-hydrogen) atoms. The van der Waals surface area contributed by atoms with E-state index >= 15 is 0 Å². The number of benzene rings is 3. The number of thiazole rings is 1. The molecule has 3 aromatic carbocycles. The number of carbonyl (C=O) groups excluding carboxylic acids is 3. The van der Waals surface area contributed by atoms with Gasteiger partial charge in [0.05, 0.1) is 25.8 Å². The number of aliphatic hydroxyl groups is 1. The third-order valence-electron chi connectivity index (χ3n) is 7.21. The van der Waals surface area contributed by atoms with Crippen molar-refractivity contribution in [3.63, 3.8) is 0 Å². The van der Waals surface area contributed by atoms with Crippen molar-refractivity contribution in [2.75, 3.05) is 27.7 Å². The Bertz CT molecular complexity index is 1610. The van der Waals surface area contributed by atoms with Gasteiger partial charge in [-0.1, -0.05) is 42.5 Å². The number of hydrogen-bond donors (Lipinski definition) is 4. The van der Waals surface area contributed by atoms with Crippen LogP contribution in [0.4, 0.5) is 0 Å². The third-order valence-corrected chi connectivity index (χ3v) is 8.16. The van der Waals surface area contributed by atoms with Crippen molar-refractivity contribution in [3.05, 3.63) is 117 Å². The summed E-state index contributed by atoms with van der Waals surface area (Å²) in [6.07, 6.45) is -0.582. The van der Waals surface area contributed by atoms with E-state index in [9.17, 15) is 19.5 Å². The summed E-state index contributed by atoms with van der Waals surface area (Å²) in [4.78, 5) is 45.7. The van der Waals surface area contributed by atoms with Crippen molar-refractivity contribution in [1.29, 1.82) is 0 Å². The molecular weight excluding hydrogens is 590 g/mol. The third kappa shape index (κ3) is 9.45. The van der Waals surface area contributed by atoms with Crippen molar-refractivity contribution in [2.24, 2.45) is 0 Å². The summed E-state index contributed by atoms with van der Waals surface area (Å²) in [6, 6.07) is 20.9. The summed E-state index contributed by atoms with van der Waals surface area (Å²) in [7, 11) is 4.74. The Labute approximate surface area is 267 Å². The van der Waals surface area contributed by atoms with E-state index in [-0.39, 0.29) is 35.7 Å². The number of aromatic nitrogens is 1. The molecule has 0 bridgehead atoms. The van der Waals surface area contributed by atoms with Gasteiger partial charge in [0.1, 0.15) is 10.8 Å². The lowest BCUT2D eigenvalue weighted by molar-refractivity contribution is 0.0784. The molecule has 0 spiro atoms.